The highest BCUT2D eigenvalue weighted by atomic mass is 14.8. The van der Waals surface area contributed by atoms with Crippen molar-refractivity contribution in [1.82, 2.24) is 0 Å². The summed E-state index contributed by atoms with van der Waals surface area (Å²) in [4.78, 5) is 4.56. The van der Waals surface area contributed by atoms with Crippen LogP contribution in [0.3, 0.4) is 0 Å². The van der Waals surface area contributed by atoms with Gasteiger partial charge in [0.1, 0.15) is 0 Å². The van der Waals surface area contributed by atoms with Crippen LogP contribution in [0.4, 0.5) is 5.69 Å². The van der Waals surface area contributed by atoms with Crippen LogP contribution in [0.15, 0.2) is 29.3 Å². The molecule has 0 aliphatic carbocycles. The average Bonchev–Trinajstić information content (AvgIpc) is 2.47. The van der Waals surface area contributed by atoms with Gasteiger partial charge in [0.15, 0.2) is 0 Å². The van der Waals surface area contributed by atoms with Gasteiger partial charge in [0, 0.05) is 12.1 Å². The number of nitrogens with zero attached hydrogens (tertiary/aromatic N) is 1. The van der Waals surface area contributed by atoms with E-state index in [0.717, 1.165) is 12.8 Å². The summed E-state index contributed by atoms with van der Waals surface area (Å²) in [7, 11) is 0. The Labute approximate surface area is 73.1 Å². The number of fused-ring (bicyclic) bond motifs is 1. The van der Waals surface area contributed by atoms with Crippen molar-refractivity contribution in [2.24, 2.45) is 4.99 Å². The minimum Gasteiger partial charge on any atom is -0.257 e. The van der Waals surface area contributed by atoms with E-state index < -0.39 is 0 Å². The van der Waals surface area contributed by atoms with Gasteiger partial charge in [0.25, 0.3) is 0 Å². The molecule has 1 heterocycles. The zero-order chi connectivity index (χ0) is 8.39. The minimum atomic E-state index is 1.07. The van der Waals surface area contributed by atoms with Crippen LogP contribution in [0, 0.1) is 0 Å². The van der Waals surface area contributed by atoms with Crippen LogP contribution in [0.2, 0.25) is 0 Å². The Hall–Kier alpha value is -1.11. The van der Waals surface area contributed by atoms with E-state index in [1.54, 1.807) is 0 Å². The molecule has 0 saturated heterocycles. The molecule has 0 fully saturated rings. The molecule has 1 aliphatic rings. The Bertz CT molecular complexity index is 313. The first-order valence-electron chi connectivity index (χ1n) is 4.54. The number of benzene rings is 1. The summed E-state index contributed by atoms with van der Waals surface area (Å²) >= 11 is 0. The molecular weight excluding hydrogens is 146 g/mol. The van der Waals surface area contributed by atoms with Gasteiger partial charge in [-0.25, -0.2) is 0 Å². The summed E-state index contributed by atoms with van der Waals surface area (Å²) < 4.78 is 0. The fraction of sp³-hybridized carbons (Fsp3) is 0.364. The summed E-state index contributed by atoms with van der Waals surface area (Å²) in [5.74, 6) is 0. The summed E-state index contributed by atoms with van der Waals surface area (Å²) in [6.45, 7) is 2.20. The van der Waals surface area contributed by atoms with Crippen LogP contribution >= 0.6 is 0 Å². The van der Waals surface area contributed by atoms with Crippen molar-refractivity contribution in [2.75, 3.05) is 0 Å². The van der Waals surface area contributed by atoms with Gasteiger partial charge < -0.3 is 0 Å². The Morgan fingerprint density at radius 2 is 2.17 bits per heavy atom. The molecule has 0 radical (unpaired) electrons. The van der Waals surface area contributed by atoms with Crippen molar-refractivity contribution in [3.63, 3.8) is 0 Å². The Kier molecular flexibility index (Phi) is 1.94. The molecule has 0 aromatic heterocycles. The molecule has 1 nitrogen and oxygen atoms in total. The summed E-state index contributed by atoms with van der Waals surface area (Å²) in [5.41, 5.74) is 3.92. The highest BCUT2D eigenvalue weighted by Gasteiger charge is 2.11. The van der Waals surface area contributed by atoms with E-state index >= 15 is 0 Å². The fourth-order valence-electron chi connectivity index (χ4n) is 1.63. The topological polar surface area (TPSA) is 12.4 Å². The maximum Gasteiger partial charge on any atom is 0.0664 e. The molecule has 2 rings (SSSR count). The van der Waals surface area contributed by atoms with Crippen LogP contribution < -0.4 is 0 Å². The third kappa shape index (κ3) is 1.27. The lowest BCUT2D eigenvalue weighted by atomic mass is 10.1. The Balaban J connectivity index is 2.23. The van der Waals surface area contributed by atoms with E-state index in [1.807, 2.05) is 0 Å². The molecule has 0 amide bonds. The highest BCUT2D eigenvalue weighted by Crippen LogP contribution is 2.26. The molecule has 62 valence electrons. The van der Waals surface area contributed by atoms with Gasteiger partial charge in [-0.1, -0.05) is 31.5 Å². The lowest BCUT2D eigenvalue weighted by molar-refractivity contribution is 0.981. The molecule has 0 spiro atoms. The summed E-state index contributed by atoms with van der Waals surface area (Å²) in [5, 5.41) is 0. The van der Waals surface area contributed by atoms with Gasteiger partial charge in [0.05, 0.1) is 5.69 Å². The Morgan fingerprint density at radius 3 is 2.92 bits per heavy atom. The van der Waals surface area contributed by atoms with Crippen LogP contribution in [-0.2, 0) is 6.42 Å². The first kappa shape index (κ1) is 7.53. The van der Waals surface area contributed by atoms with Crippen molar-refractivity contribution in [2.45, 2.75) is 26.2 Å². The second-order valence-corrected chi connectivity index (χ2v) is 3.23. The molecule has 1 aromatic carbocycles. The van der Waals surface area contributed by atoms with E-state index in [1.165, 1.54) is 23.4 Å². The predicted molar refractivity (Wildman–Crippen MR) is 52.1 cm³/mol. The number of hydrogen-bond acceptors (Lipinski definition) is 1. The van der Waals surface area contributed by atoms with Crippen molar-refractivity contribution < 1.29 is 0 Å². The quantitative estimate of drug-likeness (QED) is 0.628. The standard InChI is InChI=1S/C11H13N/c1-2-5-10-8-9-6-3-4-7-11(9)12-10/h3-4,6-7H,2,5,8H2,1H3. The molecule has 0 N–H and O–H groups in total. The zero-order valence-corrected chi connectivity index (χ0v) is 7.38. The lowest BCUT2D eigenvalue weighted by Crippen LogP contribution is -1.95. The van der Waals surface area contributed by atoms with Gasteiger partial charge >= 0.3 is 0 Å². The zero-order valence-electron chi connectivity index (χ0n) is 7.38. The molecule has 0 saturated carbocycles. The van der Waals surface area contributed by atoms with Crippen molar-refractivity contribution in [3.8, 4) is 0 Å². The van der Waals surface area contributed by atoms with Crippen LogP contribution in [0.5, 0.6) is 0 Å². The average molecular weight is 159 g/mol. The molecule has 0 unspecified atom stereocenters. The maximum atomic E-state index is 4.56. The molecule has 1 aliphatic heterocycles. The van der Waals surface area contributed by atoms with Gasteiger partial charge in [-0.2, -0.15) is 0 Å². The van der Waals surface area contributed by atoms with Crippen molar-refractivity contribution in [1.29, 1.82) is 0 Å². The van der Waals surface area contributed by atoms with Crippen molar-refractivity contribution in [3.05, 3.63) is 29.8 Å². The third-order valence-electron chi connectivity index (χ3n) is 2.20. The SMILES string of the molecule is CCCC1=Nc2ccccc2C1. The van der Waals surface area contributed by atoms with E-state index in [-0.39, 0.29) is 0 Å². The molecular formula is C11H13N. The van der Waals surface area contributed by atoms with E-state index in [0.29, 0.717) is 0 Å². The Morgan fingerprint density at radius 1 is 1.33 bits per heavy atom. The molecule has 1 aromatic rings. The summed E-state index contributed by atoms with van der Waals surface area (Å²) in [6, 6.07) is 8.40. The van der Waals surface area contributed by atoms with Crippen LogP contribution in [0.25, 0.3) is 0 Å². The van der Waals surface area contributed by atoms with E-state index in [2.05, 4.69) is 36.2 Å². The highest BCUT2D eigenvalue weighted by molar-refractivity contribution is 5.93. The van der Waals surface area contributed by atoms with Crippen LogP contribution in [-0.4, -0.2) is 5.71 Å². The largest absolute Gasteiger partial charge is 0.257 e. The fourth-order valence-corrected chi connectivity index (χ4v) is 1.63. The third-order valence-corrected chi connectivity index (χ3v) is 2.20. The molecule has 12 heavy (non-hydrogen) atoms. The van der Waals surface area contributed by atoms with Crippen LogP contribution in [0.1, 0.15) is 25.3 Å². The maximum absolute atomic E-state index is 4.56. The normalized spacial score (nSPS) is 14.2. The molecule has 0 bridgehead atoms. The number of rotatable bonds is 2. The van der Waals surface area contributed by atoms with Crippen molar-refractivity contribution >= 4 is 11.4 Å². The van der Waals surface area contributed by atoms with Gasteiger partial charge in [-0.15, -0.1) is 0 Å². The van der Waals surface area contributed by atoms with E-state index in [9.17, 15) is 0 Å². The van der Waals surface area contributed by atoms with E-state index in [4.69, 9.17) is 0 Å². The van der Waals surface area contributed by atoms with Gasteiger partial charge in [-0.3, -0.25) is 4.99 Å². The first-order valence-corrected chi connectivity index (χ1v) is 4.54. The monoisotopic (exact) mass is 159 g/mol. The second kappa shape index (κ2) is 3.10. The number of hydrogen-bond donors (Lipinski definition) is 0. The second-order valence-electron chi connectivity index (χ2n) is 3.23. The smallest absolute Gasteiger partial charge is 0.0664 e. The van der Waals surface area contributed by atoms with Gasteiger partial charge in [0.2, 0.25) is 0 Å². The summed E-state index contributed by atoms with van der Waals surface area (Å²) in [6.07, 6.45) is 3.42. The predicted octanol–water partition coefficient (Wildman–Crippen LogP) is 3.12. The number of aliphatic imine (C=N–C) groups is 1. The molecule has 1 heteroatoms. The number of para-hydroxylation sites is 1. The van der Waals surface area contributed by atoms with Gasteiger partial charge in [-0.05, 0) is 18.1 Å². The minimum absolute atomic E-state index is 1.07. The molecule has 0 atom stereocenters. The first-order chi connectivity index (χ1) is 5.90. The lowest BCUT2D eigenvalue weighted by Gasteiger charge is -1.94.